The van der Waals surface area contributed by atoms with Gasteiger partial charge in [0, 0.05) is 24.5 Å². The first kappa shape index (κ1) is 31.4. The van der Waals surface area contributed by atoms with E-state index in [9.17, 15) is 14.4 Å². The fourth-order valence-corrected chi connectivity index (χ4v) is 4.94. The first-order chi connectivity index (χ1) is 13.6. The Balaban J connectivity index is 0.00000240. The van der Waals surface area contributed by atoms with Gasteiger partial charge in [-0.25, -0.2) is 0 Å². The van der Waals surface area contributed by atoms with E-state index in [0.717, 1.165) is 32.1 Å². The van der Waals surface area contributed by atoms with Gasteiger partial charge in [-0.1, -0.05) is 19.3 Å². The fourth-order valence-electron chi connectivity index (χ4n) is 4.58. The maximum Gasteiger partial charge on any atom is 0.252 e. The van der Waals surface area contributed by atoms with Gasteiger partial charge in [0.05, 0.1) is 5.38 Å². The lowest BCUT2D eigenvalue weighted by molar-refractivity contribution is -0.139. The van der Waals surface area contributed by atoms with Gasteiger partial charge in [-0.15, -0.1) is 11.6 Å². The summed E-state index contributed by atoms with van der Waals surface area (Å²) in [7, 11) is 0. The summed E-state index contributed by atoms with van der Waals surface area (Å²) in [5, 5.41) is 2.52. The minimum Gasteiger partial charge on any atom is -0.366 e. The number of halogens is 1. The van der Waals surface area contributed by atoms with Gasteiger partial charge in [0.1, 0.15) is 24.8 Å². The molecule has 2 aliphatic heterocycles. The van der Waals surface area contributed by atoms with Crippen molar-refractivity contribution < 1.29 is 19.1 Å². The Bertz CT molecular complexity index is 770. The molecule has 0 spiro atoms. The molecule has 182 valence electrons. The molecule has 1 N–H and O–H groups in total. The Morgan fingerprint density at radius 1 is 1.09 bits per heavy atom. The summed E-state index contributed by atoms with van der Waals surface area (Å²) in [6, 6.07) is 1.93. The number of nitrogens with zero attached hydrogens (tertiary/aromatic N) is 2. The van der Waals surface area contributed by atoms with Crippen molar-refractivity contribution in [3.63, 3.8) is 0 Å². The summed E-state index contributed by atoms with van der Waals surface area (Å²) in [6.07, 6.45) is 7.60. The van der Waals surface area contributed by atoms with E-state index in [4.69, 9.17) is 16.3 Å². The zero-order chi connectivity index (χ0) is 19.7. The number of aromatic nitrogens is 1. The average Bonchev–Trinajstić information content (AvgIpc) is 3.27. The molecule has 3 aliphatic rings. The maximum atomic E-state index is 13.5. The Morgan fingerprint density at radius 2 is 1.72 bits per heavy atom. The van der Waals surface area contributed by atoms with Crippen molar-refractivity contribution in [2.45, 2.75) is 55.7 Å². The summed E-state index contributed by atoms with van der Waals surface area (Å²) in [5.41, 5.74) is 0.457. The minimum absolute atomic E-state index is 0. The molecule has 4 atom stereocenters. The number of hydrogen-bond donors (Lipinski definition) is 1. The maximum absolute atomic E-state index is 13.5. The highest BCUT2D eigenvalue weighted by atomic mass is 35.5. The quantitative estimate of drug-likeness (QED) is 0.589. The molecular weight excluding hydrogens is 510 g/mol. The molecule has 32 heavy (non-hydrogen) atoms. The molecule has 7 nitrogen and oxygen atoms in total. The minimum atomic E-state index is -0.669. The molecule has 2 saturated heterocycles. The zero-order valence-corrected chi connectivity index (χ0v) is 22.3. The second kappa shape index (κ2) is 14.0. The third-order valence-electron chi connectivity index (χ3n) is 6.02. The fraction of sp³-hybridized carbons (Fsp3) is 0.600. The van der Waals surface area contributed by atoms with Crippen LogP contribution in [0.5, 0.6) is 0 Å². The van der Waals surface area contributed by atoms with Crippen LogP contribution in [0.4, 0.5) is 0 Å². The topological polar surface area (TPSA) is 88.6 Å². The second-order valence-corrected chi connectivity index (χ2v) is 8.34. The van der Waals surface area contributed by atoms with E-state index in [0.29, 0.717) is 5.56 Å². The number of pyridine rings is 1. The number of amides is 2. The molecule has 1 saturated carbocycles. The van der Waals surface area contributed by atoms with E-state index in [2.05, 4.69) is 10.3 Å². The third-order valence-corrected chi connectivity index (χ3v) is 6.41. The number of alkyl halides is 1. The van der Waals surface area contributed by atoms with Crippen LogP contribution in [-0.2, 0) is 14.3 Å². The summed E-state index contributed by atoms with van der Waals surface area (Å²) < 4.78 is 5.49. The van der Waals surface area contributed by atoms with Crippen molar-refractivity contribution in [3.8, 4) is 0 Å². The smallest absolute Gasteiger partial charge is 0.252 e. The highest BCUT2D eigenvalue weighted by molar-refractivity contribution is 7.59. The van der Waals surface area contributed by atoms with E-state index < -0.39 is 23.6 Å². The molecule has 0 unspecified atom stereocenters. The second-order valence-electron chi connectivity index (χ2n) is 7.78. The Hall–Kier alpha value is -0.590. The number of fused-ring (bicyclic) bond motifs is 1. The molecule has 3 heterocycles. The van der Waals surface area contributed by atoms with E-state index in [1.807, 2.05) is 0 Å². The lowest BCUT2D eigenvalue weighted by atomic mass is 9.83. The van der Waals surface area contributed by atoms with Gasteiger partial charge >= 0.3 is 0 Å². The molecule has 0 radical (unpaired) electrons. The van der Waals surface area contributed by atoms with Gasteiger partial charge in [0.25, 0.3) is 5.91 Å². The molecule has 2 amide bonds. The Labute approximate surface area is 221 Å². The van der Waals surface area contributed by atoms with E-state index in [-0.39, 0.29) is 90.6 Å². The van der Waals surface area contributed by atoms with Crippen molar-refractivity contribution in [1.82, 2.24) is 15.2 Å². The normalized spacial score (nSPS) is 25.2. The largest absolute Gasteiger partial charge is 0.366 e. The molecule has 4 rings (SSSR count). The van der Waals surface area contributed by atoms with Gasteiger partial charge in [-0.2, -0.15) is 54.0 Å². The molecule has 0 bridgehead atoms. The molecule has 1 aromatic rings. The Kier molecular flexibility index (Phi) is 13.7. The number of carbonyl (C=O) groups is 3. The summed E-state index contributed by atoms with van der Waals surface area (Å²) >= 11 is 6.34. The SMILES string of the molecule is O=C(N[C@H](C(=O)N1C[C@H](Cl)[C@H]2OCC(=O)[C@H]21)C1CCCCC1)c1ccncc1.S.S.S.S. The summed E-state index contributed by atoms with van der Waals surface area (Å²) in [4.78, 5) is 44.0. The first-order valence-electron chi connectivity index (χ1n) is 9.86. The van der Waals surface area contributed by atoms with Gasteiger partial charge in [0.2, 0.25) is 5.91 Å². The summed E-state index contributed by atoms with van der Waals surface area (Å²) in [6.45, 7) is 0.246. The lowest BCUT2D eigenvalue weighted by Gasteiger charge is -2.34. The van der Waals surface area contributed by atoms with Crippen LogP contribution in [0.25, 0.3) is 0 Å². The summed E-state index contributed by atoms with van der Waals surface area (Å²) in [5.74, 6) is -0.605. The lowest BCUT2D eigenvalue weighted by Crippen LogP contribution is -2.55. The van der Waals surface area contributed by atoms with E-state index in [1.165, 1.54) is 4.90 Å². The molecule has 0 aromatic carbocycles. The highest BCUT2D eigenvalue weighted by Crippen LogP contribution is 2.34. The number of likely N-dealkylation sites (tertiary alicyclic amines) is 1. The van der Waals surface area contributed by atoms with Gasteiger partial charge in [-0.3, -0.25) is 19.4 Å². The number of hydrogen-bond acceptors (Lipinski definition) is 5. The first-order valence-corrected chi connectivity index (χ1v) is 10.3. The van der Waals surface area contributed by atoms with Crippen molar-refractivity contribution in [1.29, 1.82) is 0 Å². The van der Waals surface area contributed by atoms with Crippen molar-refractivity contribution in [3.05, 3.63) is 30.1 Å². The van der Waals surface area contributed by atoms with Gasteiger partial charge in [-0.05, 0) is 30.9 Å². The van der Waals surface area contributed by atoms with Gasteiger partial charge in [0.15, 0.2) is 5.78 Å². The van der Waals surface area contributed by atoms with Crippen molar-refractivity contribution in [2.24, 2.45) is 5.92 Å². The van der Waals surface area contributed by atoms with Gasteiger partial charge < -0.3 is 15.0 Å². The highest BCUT2D eigenvalue weighted by Gasteiger charge is 2.53. The number of ether oxygens (including phenoxy) is 1. The van der Waals surface area contributed by atoms with Crippen LogP contribution in [0.1, 0.15) is 42.5 Å². The predicted octanol–water partition coefficient (Wildman–Crippen LogP) is 2.00. The molecular formula is C20H32ClN3O4S4. The van der Waals surface area contributed by atoms with Crippen molar-refractivity contribution >= 4 is 83.2 Å². The molecule has 1 aromatic heterocycles. The van der Waals surface area contributed by atoms with Crippen LogP contribution in [0, 0.1) is 5.92 Å². The predicted molar refractivity (Wildman–Crippen MR) is 143 cm³/mol. The monoisotopic (exact) mass is 541 g/mol. The average molecular weight is 542 g/mol. The van der Waals surface area contributed by atoms with Crippen LogP contribution < -0.4 is 5.32 Å². The molecule has 3 fully saturated rings. The van der Waals surface area contributed by atoms with Crippen molar-refractivity contribution in [2.75, 3.05) is 13.2 Å². The van der Waals surface area contributed by atoms with Crippen LogP contribution in [-0.4, -0.2) is 64.2 Å². The molecule has 12 heteroatoms. The van der Waals surface area contributed by atoms with Crippen LogP contribution >= 0.6 is 65.6 Å². The van der Waals surface area contributed by atoms with Crippen LogP contribution in [0.2, 0.25) is 0 Å². The van der Waals surface area contributed by atoms with Crippen LogP contribution in [0.3, 0.4) is 0 Å². The number of carbonyl (C=O) groups excluding carboxylic acids is 3. The standard InChI is InChI=1S/C20H24ClN3O4.4H2S/c21-14-10-24(17-15(25)11-28-18(14)17)20(27)16(12-4-2-1-3-5-12)23-19(26)13-6-8-22-9-7-13;;;;/h6-9,12,14,16-18H,1-5,10-11H2,(H,23,26);4*1H2/t14-,16-,17+,18+;;;;/m0..../s1. The number of rotatable bonds is 4. The van der Waals surface area contributed by atoms with E-state index in [1.54, 1.807) is 24.5 Å². The number of nitrogens with one attached hydrogen (secondary N) is 1. The van der Waals surface area contributed by atoms with E-state index >= 15 is 0 Å². The Morgan fingerprint density at radius 3 is 2.34 bits per heavy atom. The zero-order valence-electron chi connectivity index (χ0n) is 17.6. The molecule has 1 aliphatic carbocycles. The van der Waals surface area contributed by atoms with Crippen LogP contribution in [0.15, 0.2) is 24.5 Å². The number of Topliss-reactive ketones (excluding diaryl/α,β-unsaturated/α-hetero) is 1. The third kappa shape index (κ3) is 6.50. The number of ketones is 1.